The summed E-state index contributed by atoms with van der Waals surface area (Å²) in [4.78, 5) is 12.3. The largest absolute Gasteiger partial charge is 0.322 e. The van der Waals surface area contributed by atoms with Crippen LogP contribution in [-0.4, -0.2) is 18.9 Å². The van der Waals surface area contributed by atoms with E-state index in [1.54, 1.807) is 25.1 Å². The molecule has 3 aromatic carbocycles. The molecule has 0 heterocycles. The molecule has 0 aromatic heterocycles. The van der Waals surface area contributed by atoms with Gasteiger partial charge in [0.1, 0.15) is 0 Å². The third-order valence-electron chi connectivity index (χ3n) is 3.76. The molecule has 0 aliphatic heterocycles. The molecule has 0 fully saturated rings. The number of aryl methyl sites for hydroxylation is 1. The minimum Gasteiger partial charge on any atom is -0.322 e. The number of amides is 1. The summed E-state index contributed by atoms with van der Waals surface area (Å²) in [6, 6.07) is 17.3. The minimum absolute atomic E-state index is 0.224. The van der Waals surface area contributed by atoms with Gasteiger partial charge in [0.15, 0.2) is 0 Å². The summed E-state index contributed by atoms with van der Waals surface area (Å²) in [7, 11) is -4.34. The number of hydrogen-bond acceptors (Lipinski definition) is 3. The average molecular weight is 341 g/mol. The molecule has 0 radical (unpaired) electrons. The molecule has 0 unspecified atom stereocenters. The first-order valence-corrected chi connectivity index (χ1v) is 8.67. The molecule has 5 nitrogen and oxygen atoms in total. The third-order valence-corrected chi connectivity index (χ3v) is 4.75. The molecule has 0 bridgehead atoms. The maximum Gasteiger partial charge on any atom is 0.294 e. The lowest BCUT2D eigenvalue weighted by atomic mass is 10.0. The lowest BCUT2D eigenvalue weighted by Crippen LogP contribution is -2.13. The molecule has 122 valence electrons. The summed E-state index contributed by atoms with van der Waals surface area (Å²) < 4.78 is 32.0. The van der Waals surface area contributed by atoms with E-state index in [4.69, 9.17) is 0 Å². The van der Waals surface area contributed by atoms with E-state index in [1.807, 2.05) is 30.3 Å². The second kappa shape index (κ2) is 6.07. The highest BCUT2D eigenvalue weighted by Crippen LogP contribution is 2.23. The fraction of sp³-hybridized carbons (Fsp3) is 0.0556. The van der Waals surface area contributed by atoms with Crippen LogP contribution in [0.5, 0.6) is 0 Å². The Morgan fingerprint density at radius 3 is 2.46 bits per heavy atom. The highest BCUT2D eigenvalue weighted by atomic mass is 32.2. The van der Waals surface area contributed by atoms with Gasteiger partial charge in [-0.1, -0.05) is 42.5 Å². The molecule has 0 aliphatic carbocycles. The van der Waals surface area contributed by atoms with Crippen LogP contribution in [0.3, 0.4) is 0 Å². The Morgan fingerprint density at radius 1 is 1.00 bits per heavy atom. The first kappa shape index (κ1) is 16.2. The molecule has 1 amide bonds. The van der Waals surface area contributed by atoms with Crippen molar-refractivity contribution in [2.75, 3.05) is 5.32 Å². The van der Waals surface area contributed by atoms with Gasteiger partial charge in [0.2, 0.25) is 0 Å². The smallest absolute Gasteiger partial charge is 0.294 e. The number of anilines is 1. The number of benzene rings is 3. The van der Waals surface area contributed by atoms with Crippen molar-refractivity contribution in [1.82, 2.24) is 0 Å². The zero-order chi connectivity index (χ0) is 17.3. The van der Waals surface area contributed by atoms with Gasteiger partial charge in [-0.2, -0.15) is 8.42 Å². The number of rotatable bonds is 3. The minimum atomic E-state index is -4.34. The lowest BCUT2D eigenvalue weighted by molar-refractivity contribution is 0.102. The van der Waals surface area contributed by atoms with Gasteiger partial charge in [-0.05, 0) is 41.5 Å². The molecule has 6 heteroatoms. The summed E-state index contributed by atoms with van der Waals surface area (Å²) in [5.41, 5.74) is 1.19. The van der Waals surface area contributed by atoms with E-state index in [9.17, 15) is 17.8 Å². The molecule has 0 aliphatic rings. The quantitative estimate of drug-likeness (QED) is 0.712. The summed E-state index contributed by atoms with van der Waals surface area (Å²) in [5, 5.41) is 4.42. The number of fused-ring (bicyclic) bond motifs is 1. The topological polar surface area (TPSA) is 83.5 Å². The molecule has 3 aromatic rings. The van der Waals surface area contributed by atoms with Crippen molar-refractivity contribution in [3.05, 3.63) is 71.8 Å². The monoisotopic (exact) mass is 341 g/mol. The van der Waals surface area contributed by atoms with Gasteiger partial charge in [0, 0.05) is 11.3 Å². The van der Waals surface area contributed by atoms with Gasteiger partial charge in [0.25, 0.3) is 16.0 Å². The zero-order valence-corrected chi connectivity index (χ0v) is 13.7. The number of carbonyl (C=O) groups is 1. The van der Waals surface area contributed by atoms with E-state index in [0.29, 0.717) is 16.8 Å². The van der Waals surface area contributed by atoms with Gasteiger partial charge >= 0.3 is 0 Å². The van der Waals surface area contributed by atoms with E-state index >= 15 is 0 Å². The van der Waals surface area contributed by atoms with Crippen LogP contribution in [0.2, 0.25) is 0 Å². The molecule has 0 spiro atoms. The van der Waals surface area contributed by atoms with Gasteiger partial charge in [-0.3, -0.25) is 9.35 Å². The average Bonchev–Trinajstić information content (AvgIpc) is 2.55. The van der Waals surface area contributed by atoms with E-state index in [1.165, 1.54) is 12.1 Å². The molecule has 0 atom stereocenters. The summed E-state index contributed by atoms with van der Waals surface area (Å²) in [5.74, 6) is -0.350. The van der Waals surface area contributed by atoms with Crippen LogP contribution in [0, 0.1) is 6.92 Å². The Labute approximate surface area is 139 Å². The normalized spacial score (nSPS) is 11.4. The van der Waals surface area contributed by atoms with Gasteiger partial charge in [-0.15, -0.1) is 0 Å². The first-order chi connectivity index (χ1) is 11.4. The predicted molar refractivity (Wildman–Crippen MR) is 92.9 cm³/mol. The maximum absolute atomic E-state index is 12.6. The molecule has 0 saturated carbocycles. The Kier molecular flexibility index (Phi) is 4.09. The molecule has 3 rings (SSSR count). The number of hydrogen-bond donors (Lipinski definition) is 2. The Morgan fingerprint density at radius 2 is 1.71 bits per heavy atom. The fourth-order valence-electron chi connectivity index (χ4n) is 2.58. The highest BCUT2D eigenvalue weighted by Gasteiger charge is 2.15. The molecular weight excluding hydrogens is 326 g/mol. The van der Waals surface area contributed by atoms with Crippen molar-refractivity contribution in [3.8, 4) is 0 Å². The van der Waals surface area contributed by atoms with Crippen molar-refractivity contribution < 1.29 is 17.8 Å². The summed E-state index contributed by atoms with van der Waals surface area (Å²) in [6.45, 7) is 1.57. The SMILES string of the molecule is Cc1ccc(NC(=O)c2cccc3ccccc23)cc1S(=O)(=O)O. The predicted octanol–water partition coefficient (Wildman–Crippen LogP) is 3.65. The zero-order valence-electron chi connectivity index (χ0n) is 12.9. The summed E-state index contributed by atoms with van der Waals surface area (Å²) in [6.07, 6.45) is 0. The van der Waals surface area contributed by atoms with Crippen molar-refractivity contribution in [1.29, 1.82) is 0 Å². The summed E-state index contributed by atoms with van der Waals surface area (Å²) >= 11 is 0. The Bertz CT molecular complexity index is 1040. The highest BCUT2D eigenvalue weighted by molar-refractivity contribution is 7.85. The second-order valence-electron chi connectivity index (χ2n) is 5.44. The second-order valence-corrected chi connectivity index (χ2v) is 6.83. The van der Waals surface area contributed by atoms with E-state index in [2.05, 4.69) is 5.32 Å². The van der Waals surface area contributed by atoms with Crippen LogP contribution in [0.4, 0.5) is 5.69 Å². The van der Waals surface area contributed by atoms with Crippen molar-refractivity contribution in [3.63, 3.8) is 0 Å². The van der Waals surface area contributed by atoms with Crippen LogP contribution < -0.4 is 5.32 Å². The van der Waals surface area contributed by atoms with Crippen LogP contribution >= 0.6 is 0 Å². The van der Waals surface area contributed by atoms with Crippen molar-refractivity contribution in [2.45, 2.75) is 11.8 Å². The maximum atomic E-state index is 12.6. The van der Waals surface area contributed by atoms with E-state index in [0.717, 1.165) is 10.8 Å². The Balaban J connectivity index is 1.98. The van der Waals surface area contributed by atoms with Crippen LogP contribution in [0.1, 0.15) is 15.9 Å². The molecule has 24 heavy (non-hydrogen) atoms. The first-order valence-electron chi connectivity index (χ1n) is 7.23. The van der Waals surface area contributed by atoms with Gasteiger partial charge < -0.3 is 5.32 Å². The van der Waals surface area contributed by atoms with Gasteiger partial charge in [-0.25, -0.2) is 0 Å². The van der Waals surface area contributed by atoms with Crippen molar-refractivity contribution in [2.24, 2.45) is 0 Å². The van der Waals surface area contributed by atoms with Crippen LogP contribution in [0.25, 0.3) is 10.8 Å². The van der Waals surface area contributed by atoms with Crippen molar-refractivity contribution >= 4 is 32.5 Å². The van der Waals surface area contributed by atoms with E-state index in [-0.39, 0.29) is 10.8 Å². The standard InChI is InChI=1S/C18H15NO4S/c1-12-9-10-14(11-17(12)24(21,22)23)19-18(20)16-8-4-6-13-5-2-3-7-15(13)16/h2-11H,1H3,(H,19,20)(H,21,22,23). The van der Waals surface area contributed by atoms with E-state index < -0.39 is 10.1 Å². The Hall–Kier alpha value is -2.70. The molecule has 2 N–H and O–H groups in total. The molecular formula is C18H15NO4S. The van der Waals surface area contributed by atoms with Crippen LogP contribution in [0.15, 0.2) is 65.6 Å². The van der Waals surface area contributed by atoms with Crippen LogP contribution in [-0.2, 0) is 10.1 Å². The number of carbonyl (C=O) groups excluding carboxylic acids is 1. The molecule has 0 saturated heterocycles. The fourth-order valence-corrected chi connectivity index (χ4v) is 3.33. The number of nitrogens with one attached hydrogen (secondary N) is 1. The lowest BCUT2D eigenvalue weighted by Gasteiger charge is -2.10. The third kappa shape index (κ3) is 3.15. The van der Waals surface area contributed by atoms with Gasteiger partial charge in [0.05, 0.1) is 4.90 Å².